The summed E-state index contributed by atoms with van der Waals surface area (Å²) in [6.07, 6.45) is 35.3. The molecule has 22 heteroatoms. The van der Waals surface area contributed by atoms with Gasteiger partial charge in [-0.15, -0.1) is 0 Å². The number of nitrogen functional groups attached to an aromatic ring is 1. The van der Waals surface area contributed by atoms with Crippen molar-refractivity contribution >= 4 is 33.4 Å². The van der Waals surface area contributed by atoms with Gasteiger partial charge in [0, 0.05) is 19.0 Å². The maximum absolute atomic E-state index is 12.9. The Bertz CT molecular complexity index is 2160. The third-order valence-electron chi connectivity index (χ3n) is 10.8. The molecule has 416 valence electrons. The van der Waals surface area contributed by atoms with Crippen LogP contribution in [0.4, 0.5) is 5.82 Å². The van der Waals surface area contributed by atoms with Crippen LogP contribution in [-0.4, -0.2) is 108 Å². The van der Waals surface area contributed by atoms with Crippen LogP contribution >= 0.6 is 15.6 Å². The first-order valence-corrected chi connectivity index (χ1v) is 28.5. The summed E-state index contributed by atoms with van der Waals surface area (Å²) in [5.74, 6) is -1.59. The van der Waals surface area contributed by atoms with Crippen LogP contribution in [0, 0.1) is 0 Å². The zero-order valence-corrected chi connectivity index (χ0v) is 44.6. The highest BCUT2D eigenvalue weighted by Crippen LogP contribution is 2.60. The van der Waals surface area contributed by atoms with E-state index in [4.69, 9.17) is 29.0 Å². The van der Waals surface area contributed by atoms with Gasteiger partial charge in [-0.05, 0) is 83.1 Å². The molecule has 0 aliphatic carbocycles. The average molecular weight is 1080 g/mol. The normalized spacial score (nSPS) is 20.5. The maximum Gasteiger partial charge on any atom is 0.481 e. The molecule has 1 fully saturated rings. The number of aliphatic hydroxyl groups is 4. The molecule has 0 bridgehead atoms. The van der Waals surface area contributed by atoms with Crippen LogP contribution in [0.15, 0.2) is 114 Å². The lowest BCUT2D eigenvalue weighted by Crippen LogP contribution is -2.36. The Morgan fingerprint density at radius 3 is 2.00 bits per heavy atom. The second kappa shape index (κ2) is 39.0. The summed E-state index contributed by atoms with van der Waals surface area (Å²) in [7, 11) is -11.0. The SMILES string of the molecule is CC/C=C\C/C=C\C/C=C\C/C=C\CCCCCCC(=O)OC[C@H](COP(=O)(O)OP(=O)(O)OC[C@H]1O[C@@H](n2ccc(N)nc2=O)[C@H](O)[C@@H]1O)OC(=O)CCC[C@@H](O)\C=C/C=C/C=C/[C@@H](O)C/C=C\CCCCC. The molecule has 20 nitrogen and oxygen atoms in total. The number of phosphoric acid groups is 2. The average Bonchev–Trinajstić information content (AvgIpc) is 3.63. The third kappa shape index (κ3) is 31.5. The molecular weight excluding hydrogens is 1000 g/mol. The number of aliphatic hydroxyl groups excluding tert-OH is 4. The Labute approximate surface area is 435 Å². The highest BCUT2D eigenvalue weighted by Gasteiger charge is 2.46. The van der Waals surface area contributed by atoms with E-state index < -0.39 is 95.9 Å². The summed E-state index contributed by atoms with van der Waals surface area (Å²) in [6, 6.07) is 1.23. The molecule has 0 spiro atoms. The molecule has 0 radical (unpaired) electrons. The summed E-state index contributed by atoms with van der Waals surface area (Å²) in [6.45, 7) is 1.70. The lowest BCUT2D eigenvalue weighted by molar-refractivity contribution is -0.161. The number of esters is 2. The first-order valence-electron chi connectivity index (χ1n) is 25.5. The summed E-state index contributed by atoms with van der Waals surface area (Å²) < 4.78 is 56.5. The van der Waals surface area contributed by atoms with Crippen LogP contribution in [0.25, 0.3) is 0 Å². The minimum absolute atomic E-state index is 0.0403. The van der Waals surface area contributed by atoms with E-state index in [0.717, 1.165) is 81.4 Å². The zero-order valence-electron chi connectivity index (χ0n) is 42.8. The number of phosphoric ester groups is 2. The van der Waals surface area contributed by atoms with Crippen LogP contribution in [0.3, 0.4) is 0 Å². The highest BCUT2D eigenvalue weighted by atomic mass is 31.3. The number of carbonyl (C=O) groups excluding carboxylic acids is 2. The van der Waals surface area contributed by atoms with Gasteiger partial charge in [0.25, 0.3) is 0 Å². The number of nitrogens with two attached hydrogens (primary N) is 1. The van der Waals surface area contributed by atoms with E-state index in [1.807, 2.05) is 6.08 Å². The minimum atomic E-state index is -5.50. The summed E-state index contributed by atoms with van der Waals surface area (Å²) in [5, 5.41) is 41.4. The number of hydrogen-bond donors (Lipinski definition) is 7. The fourth-order valence-corrected chi connectivity index (χ4v) is 8.96. The number of aromatic nitrogens is 2. The first-order chi connectivity index (χ1) is 35.5. The van der Waals surface area contributed by atoms with Gasteiger partial charge in [-0.3, -0.25) is 23.2 Å². The molecule has 1 saturated heterocycles. The smallest absolute Gasteiger partial charge is 0.462 e. The molecule has 0 amide bonds. The Morgan fingerprint density at radius 1 is 0.743 bits per heavy atom. The number of nitrogens with zero attached hydrogens (tertiary/aromatic N) is 2. The largest absolute Gasteiger partial charge is 0.481 e. The lowest BCUT2D eigenvalue weighted by atomic mass is 10.1. The third-order valence-corrected chi connectivity index (χ3v) is 13.4. The molecule has 8 N–H and O–H groups in total. The molecule has 74 heavy (non-hydrogen) atoms. The van der Waals surface area contributed by atoms with Gasteiger partial charge in [-0.2, -0.15) is 9.29 Å². The number of carbonyl (C=O) groups is 2. The van der Waals surface area contributed by atoms with Gasteiger partial charge in [0.05, 0.1) is 25.4 Å². The van der Waals surface area contributed by atoms with Crippen LogP contribution in [-0.2, 0) is 46.3 Å². The van der Waals surface area contributed by atoms with Crippen molar-refractivity contribution in [1.29, 1.82) is 0 Å². The van der Waals surface area contributed by atoms with Crippen LogP contribution in [0.1, 0.15) is 136 Å². The van der Waals surface area contributed by atoms with Gasteiger partial charge in [-0.1, -0.05) is 137 Å². The topological polar surface area (TPSA) is 306 Å². The fourth-order valence-electron chi connectivity index (χ4n) is 6.85. The van der Waals surface area contributed by atoms with E-state index >= 15 is 0 Å². The molecule has 1 aromatic rings. The fraction of sp³-hybridized carbons (Fsp3) is 0.577. The molecule has 2 heterocycles. The second-order valence-corrected chi connectivity index (χ2v) is 20.4. The lowest BCUT2D eigenvalue weighted by Gasteiger charge is -2.21. The van der Waals surface area contributed by atoms with Crippen molar-refractivity contribution in [3.05, 3.63) is 120 Å². The molecule has 0 saturated carbocycles. The van der Waals surface area contributed by atoms with Gasteiger partial charge in [0.2, 0.25) is 0 Å². The van der Waals surface area contributed by atoms with Crippen LogP contribution in [0.5, 0.6) is 0 Å². The molecule has 0 aromatic carbocycles. The van der Waals surface area contributed by atoms with Gasteiger partial charge in [-0.25, -0.2) is 13.9 Å². The first kappa shape index (κ1) is 65.7. The predicted octanol–water partition coefficient (Wildman–Crippen LogP) is 8.38. The molecule has 2 unspecified atom stereocenters. The maximum atomic E-state index is 12.9. The van der Waals surface area contributed by atoms with Gasteiger partial charge < -0.3 is 50.2 Å². The summed E-state index contributed by atoms with van der Waals surface area (Å²) >= 11 is 0. The van der Waals surface area contributed by atoms with Gasteiger partial charge in [0.15, 0.2) is 12.3 Å². The van der Waals surface area contributed by atoms with Crippen molar-refractivity contribution in [2.75, 3.05) is 25.6 Å². The van der Waals surface area contributed by atoms with E-state index in [0.29, 0.717) is 12.8 Å². The second-order valence-electron chi connectivity index (χ2n) is 17.3. The standard InChI is InChI=1S/C52H81N3O17P2/c1-3-5-7-9-11-12-13-14-15-16-17-18-19-20-21-23-29-35-47(58)67-39-44(70-48(59)36-30-34-43(57)33-28-25-24-27-32-42(56)31-26-22-10-8-6-4-2)40-68-73(63,64)72-74(65,66)69-41-45-49(60)50(61)51(71-45)55-38-37-46(53)54-52(55)62/h5,7,11-12,14-15,17-18,22,24-28,32-33,37-38,42-45,49-51,56-57,60-61H,3-4,6,8-10,13,16,19-21,23,29-31,34-36,39-41H2,1-2H3,(H,63,64)(H,65,66)(H2,53,54,62)/b7-5-,12-11-,15-14-,18-17-,25-24+,26-22-,32-27+,33-28-/t42-,43-,44+,45+,49+,50+,51+/m0/s1. The van der Waals surface area contributed by atoms with Crippen molar-refractivity contribution in [3.8, 4) is 0 Å². The van der Waals surface area contributed by atoms with Crippen LogP contribution < -0.4 is 11.4 Å². The summed E-state index contributed by atoms with van der Waals surface area (Å²) in [5.41, 5.74) is 4.56. The van der Waals surface area contributed by atoms with E-state index in [1.165, 1.54) is 18.6 Å². The number of rotatable bonds is 40. The Morgan fingerprint density at radius 2 is 1.34 bits per heavy atom. The van der Waals surface area contributed by atoms with Gasteiger partial charge >= 0.3 is 33.3 Å². The molecule has 1 aromatic heterocycles. The van der Waals surface area contributed by atoms with E-state index in [9.17, 15) is 53.7 Å². The Hall–Kier alpha value is -4.40. The number of anilines is 1. The summed E-state index contributed by atoms with van der Waals surface area (Å²) in [4.78, 5) is 61.9. The number of unbranched alkanes of at least 4 members (excludes halogenated alkanes) is 7. The van der Waals surface area contributed by atoms with E-state index in [1.54, 1.807) is 30.4 Å². The van der Waals surface area contributed by atoms with Crippen molar-refractivity contribution in [2.24, 2.45) is 0 Å². The van der Waals surface area contributed by atoms with Crippen molar-refractivity contribution in [1.82, 2.24) is 9.55 Å². The number of ether oxygens (including phenoxy) is 3. The molecule has 9 atom stereocenters. The van der Waals surface area contributed by atoms with Gasteiger partial charge in [0.1, 0.15) is 30.7 Å². The molecular formula is C52H81N3O17P2. The highest BCUT2D eigenvalue weighted by molar-refractivity contribution is 7.61. The quantitative estimate of drug-likeness (QED) is 0.0107. The number of allylic oxidation sites excluding steroid dienone is 13. The van der Waals surface area contributed by atoms with E-state index in [2.05, 4.69) is 77.8 Å². The monoisotopic (exact) mass is 1080 g/mol. The van der Waals surface area contributed by atoms with Crippen molar-refractivity contribution < 1.29 is 76.5 Å². The number of hydrogen-bond acceptors (Lipinski definition) is 17. The van der Waals surface area contributed by atoms with Crippen LogP contribution in [0.2, 0.25) is 0 Å². The van der Waals surface area contributed by atoms with Crippen molar-refractivity contribution in [3.63, 3.8) is 0 Å². The Kier molecular flexibility index (Phi) is 34.7. The molecule has 1 aliphatic heterocycles. The predicted molar refractivity (Wildman–Crippen MR) is 282 cm³/mol. The molecule has 1 aliphatic rings. The Balaban J connectivity index is 1.89. The minimum Gasteiger partial charge on any atom is -0.462 e. The molecule has 2 rings (SSSR count). The van der Waals surface area contributed by atoms with Crippen molar-refractivity contribution in [2.45, 2.75) is 172 Å². The van der Waals surface area contributed by atoms with E-state index in [-0.39, 0.29) is 31.5 Å². The zero-order chi connectivity index (χ0) is 54.5.